The zero-order chi connectivity index (χ0) is 48.6. The number of unbranched alkanes of at least 4 members (excludes halogenated alkanes) is 20. The van der Waals surface area contributed by atoms with Crippen molar-refractivity contribution in [2.75, 3.05) is 52.7 Å². The van der Waals surface area contributed by atoms with E-state index in [1.165, 1.54) is 89.9 Å². The first-order chi connectivity index (χ1) is 32.2. The number of hydrogen-bond donors (Lipinski definition) is 0. The van der Waals surface area contributed by atoms with Crippen molar-refractivity contribution in [2.45, 2.75) is 246 Å². The highest BCUT2D eigenvalue weighted by atomic mass is 16.7. The number of nitrogens with zero attached hydrogens (tertiary/aromatic N) is 1. The molecule has 0 aliphatic carbocycles. The van der Waals surface area contributed by atoms with Crippen LogP contribution in [0.4, 0.5) is 4.79 Å². The molecule has 0 aromatic heterocycles. The van der Waals surface area contributed by atoms with Crippen molar-refractivity contribution in [3.05, 3.63) is 12.2 Å². The first-order valence-electron chi connectivity index (χ1n) is 27.0. The van der Waals surface area contributed by atoms with Crippen LogP contribution < -0.4 is 0 Å². The van der Waals surface area contributed by atoms with E-state index < -0.39 is 18.0 Å². The van der Waals surface area contributed by atoms with Crippen molar-refractivity contribution in [3.8, 4) is 0 Å². The quantitative estimate of drug-likeness (QED) is 0.0248. The number of carbonyl (C=O) groups is 5. The molecule has 0 bridgehead atoms. The fourth-order valence-corrected chi connectivity index (χ4v) is 7.61. The molecule has 0 aromatic rings. The molecule has 0 aromatic carbocycles. The normalized spacial score (nSPS) is 11.9. The molecule has 0 rings (SSSR count). The molecule has 0 saturated carbocycles. The Morgan fingerprint density at radius 3 is 1.36 bits per heavy atom. The Labute approximate surface area is 403 Å². The SMILES string of the molecule is CCCCCCC=CCOC(=O)CCCCCCCC(=O)OCC(COC(=O)CCCCCC(=O)OC(CCCCCCCC)CCCCCCCC)COC(=O)OCCCN(CC)CC. The van der Waals surface area contributed by atoms with Crippen LogP contribution in [0.2, 0.25) is 0 Å². The highest BCUT2D eigenvalue weighted by Gasteiger charge is 2.19. The summed E-state index contributed by atoms with van der Waals surface area (Å²) in [6.07, 6.45) is 33.3. The largest absolute Gasteiger partial charge is 0.508 e. The van der Waals surface area contributed by atoms with E-state index in [-0.39, 0.29) is 63.3 Å². The number of rotatable bonds is 48. The first-order valence-corrected chi connectivity index (χ1v) is 27.0. The second-order valence-corrected chi connectivity index (χ2v) is 18.1. The van der Waals surface area contributed by atoms with Gasteiger partial charge in [-0.25, -0.2) is 4.79 Å². The van der Waals surface area contributed by atoms with Gasteiger partial charge in [0.1, 0.15) is 32.5 Å². The van der Waals surface area contributed by atoms with Crippen molar-refractivity contribution in [3.63, 3.8) is 0 Å². The Bertz CT molecular complexity index is 1170. The first kappa shape index (κ1) is 62.8. The fourth-order valence-electron chi connectivity index (χ4n) is 7.61. The minimum absolute atomic E-state index is 0.0111. The van der Waals surface area contributed by atoms with E-state index in [4.69, 9.17) is 28.4 Å². The standard InChI is InChI=1S/C54H99NO11/c1-6-11-14-17-20-26-34-43-61-50(56)38-30-24-21-25-31-39-51(57)63-45-48(47-65-54(60)62-44-35-42-55(9-4)10-5)46-64-52(58)40-32-27-33-41-53(59)66-49(36-28-22-18-15-12-7-2)37-29-23-19-16-13-8-3/h26,34,48-49H,6-25,27-33,35-47H2,1-5H3. The van der Waals surface area contributed by atoms with Crippen molar-refractivity contribution >= 4 is 30.0 Å². The summed E-state index contributed by atoms with van der Waals surface area (Å²) in [5, 5.41) is 0. The molecule has 66 heavy (non-hydrogen) atoms. The van der Waals surface area contributed by atoms with Gasteiger partial charge in [-0.15, -0.1) is 0 Å². The van der Waals surface area contributed by atoms with Gasteiger partial charge in [0.15, 0.2) is 0 Å². The predicted octanol–water partition coefficient (Wildman–Crippen LogP) is 13.7. The molecular formula is C54H99NO11. The van der Waals surface area contributed by atoms with Crippen LogP contribution in [0.25, 0.3) is 0 Å². The fraction of sp³-hybridized carbons (Fsp3) is 0.870. The zero-order valence-electron chi connectivity index (χ0n) is 43.0. The summed E-state index contributed by atoms with van der Waals surface area (Å²) in [6.45, 7) is 13.7. The van der Waals surface area contributed by atoms with Crippen molar-refractivity contribution in [1.82, 2.24) is 4.90 Å². The molecule has 0 N–H and O–H groups in total. The molecule has 0 amide bonds. The van der Waals surface area contributed by atoms with E-state index in [2.05, 4.69) is 45.6 Å². The van der Waals surface area contributed by atoms with E-state index >= 15 is 0 Å². The van der Waals surface area contributed by atoms with Crippen LogP contribution in [-0.2, 0) is 47.6 Å². The molecule has 0 aliphatic rings. The minimum Gasteiger partial charge on any atom is -0.465 e. The van der Waals surface area contributed by atoms with Gasteiger partial charge in [0.25, 0.3) is 0 Å². The average molecular weight is 938 g/mol. The van der Waals surface area contributed by atoms with Crippen LogP contribution in [0, 0.1) is 5.92 Å². The van der Waals surface area contributed by atoms with Gasteiger partial charge in [-0.2, -0.15) is 0 Å². The summed E-state index contributed by atoms with van der Waals surface area (Å²) in [7, 11) is 0. The molecule has 0 saturated heterocycles. The molecule has 0 radical (unpaired) electrons. The molecule has 386 valence electrons. The molecule has 1 atom stereocenters. The monoisotopic (exact) mass is 938 g/mol. The third-order valence-corrected chi connectivity index (χ3v) is 11.9. The number of hydrogen-bond acceptors (Lipinski definition) is 12. The average Bonchev–Trinajstić information content (AvgIpc) is 3.31. The number of esters is 4. The van der Waals surface area contributed by atoms with Crippen LogP contribution in [0.5, 0.6) is 0 Å². The van der Waals surface area contributed by atoms with Gasteiger partial charge in [-0.1, -0.05) is 156 Å². The van der Waals surface area contributed by atoms with Crippen LogP contribution in [0.15, 0.2) is 12.2 Å². The Balaban J connectivity index is 4.69. The van der Waals surface area contributed by atoms with Crippen molar-refractivity contribution in [2.24, 2.45) is 5.92 Å². The lowest BCUT2D eigenvalue weighted by atomic mass is 10.0. The molecule has 0 fully saturated rings. The number of ether oxygens (including phenoxy) is 6. The Morgan fingerprint density at radius 1 is 0.424 bits per heavy atom. The van der Waals surface area contributed by atoms with Crippen molar-refractivity contribution in [1.29, 1.82) is 0 Å². The topological polar surface area (TPSA) is 144 Å². The van der Waals surface area contributed by atoms with Crippen LogP contribution in [0.1, 0.15) is 240 Å². The maximum Gasteiger partial charge on any atom is 0.508 e. The third kappa shape index (κ3) is 43.4. The van der Waals surface area contributed by atoms with Gasteiger partial charge in [0.05, 0.1) is 12.5 Å². The van der Waals surface area contributed by atoms with Crippen LogP contribution >= 0.6 is 0 Å². The molecule has 12 heteroatoms. The lowest BCUT2D eigenvalue weighted by Crippen LogP contribution is -2.27. The molecule has 0 spiro atoms. The van der Waals surface area contributed by atoms with Gasteiger partial charge >= 0.3 is 30.0 Å². The van der Waals surface area contributed by atoms with Gasteiger partial charge in [0, 0.05) is 32.2 Å². The lowest BCUT2D eigenvalue weighted by Gasteiger charge is -2.18. The van der Waals surface area contributed by atoms with Gasteiger partial charge in [-0.05, 0) is 83.7 Å². The lowest BCUT2D eigenvalue weighted by molar-refractivity contribution is -0.151. The Morgan fingerprint density at radius 2 is 0.848 bits per heavy atom. The highest BCUT2D eigenvalue weighted by Crippen LogP contribution is 2.19. The molecule has 1 unspecified atom stereocenters. The Hall–Kier alpha value is -3.15. The third-order valence-electron chi connectivity index (χ3n) is 11.9. The second kappa shape index (κ2) is 48.3. The van der Waals surface area contributed by atoms with Crippen LogP contribution in [-0.4, -0.2) is 93.7 Å². The number of allylic oxidation sites excluding steroid dienone is 1. The molecule has 12 nitrogen and oxygen atoms in total. The van der Waals surface area contributed by atoms with E-state index in [1.54, 1.807) is 0 Å². The van der Waals surface area contributed by atoms with E-state index in [0.717, 1.165) is 77.4 Å². The Kier molecular flexibility index (Phi) is 46.0. The molecule has 0 aliphatic heterocycles. The summed E-state index contributed by atoms with van der Waals surface area (Å²) in [5.41, 5.74) is 0. The summed E-state index contributed by atoms with van der Waals surface area (Å²) >= 11 is 0. The van der Waals surface area contributed by atoms with Crippen LogP contribution in [0.3, 0.4) is 0 Å². The smallest absolute Gasteiger partial charge is 0.465 e. The predicted molar refractivity (Wildman–Crippen MR) is 265 cm³/mol. The van der Waals surface area contributed by atoms with Gasteiger partial charge in [-0.3, -0.25) is 19.2 Å². The molecular weight excluding hydrogens is 839 g/mol. The summed E-state index contributed by atoms with van der Waals surface area (Å²) in [6, 6.07) is 0. The van der Waals surface area contributed by atoms with E-state index in [0.29, 0.717) is 51.6 Å². The van der Waals surface area contributed by atoms with Gasteiger partial charge in [0.2, 0.25) is 0 Å². The van der Waals surface area contributed by atoms with E-state index in [9.17, 15) is 24.0 Å². The highest BCUT2D eigenvalue weighted by molar-refractivity contribution is 5.70. The summed E-state index contributed by atoms with van der Waals surface area (Å²) in [5.74, 6) is -1.67. The zero-order valence-corrected chi connectivity index (χ0v) is 43.0. The maximum absolute atomic E-state index is 12.8. The maximum atomic E-state index is 12.8. The molecule has 0 heterocycles. The van der Waals surface area contributed by atoms with E-state index in [1.807, 2.05) is 6.08 Å². The number of carbonyl (C=O) groups excluding carboxylic acids is 5. The summed E-state index contributed by atoms with van der Waals surface area (Å²) < 4.78 is 32.9. The van der Waals surface area contributed by atoms with Crippen molar-refractivity contribution < 1.29 is 52.4 Å². The van der Waals surface area contributed by atoms with Gasteiger partial charge < -0.3 is 33.3 Å². The summed E-state index contributed by atoms with van der Waals surface area (Å²) in [4.78, 5) is 64.7. The second-order valence-electron chi connectivity index (χ2n) is 18.1. The minimum atomic E-state index is -0.815.